The van der Waals surface area contributed by atoms with Gasteiger partial charge in [0, 0.05) is 32.0 Å². The second-order valence-electron chi connectivity index (χ2n) is 13.1. The largest absolute Gasteiger partial charge is 0.469 e. The number of unbranched alkanes of at least 4 members (excludes halogenated alkanes) is 2. The summed E-state index contributed by atoms with van der Waals surface area (Å²) in [4.78, 5) is 11.4. The fourth-order valence-electron chi connectivity index (χ4n) is 7.39. The molecule has 0 bridgehead atoms. The Morgan fingerprint density at radius 1 is 0.976 bits per heavy atom. The molecule has 2 saturated carbocycles. The molecular formula is C35H58O7. The SMILES string of the molecule is CCCCC1CCC([C@@H](C=C[C@@H]2[C@@H](CC=CCCCC(=O)OC)[C@@H](O)C[C@H]2OC2CCCCO2)OC2CCCCO2)C1. The summed E-state index contributed by atoms with van der Waals surface area (Å²) < 4.78 is 30.0. The molecule has 4 rings (SSSR count). The van der Waals surface area contributed by atoms with Crippen LogP contribution in [0, 0.1) is 23.7 Å². The molecule has 0 aromatic heterocycles. The Kier molecular flexibility index (Phi) is 14.8. The minimum absolute atomic E-state index is 0.0264. The maximum atomic E-state index is 11.4. The monoisotopic (exact) mass is 590 g/mol. The van der Waals surface area contributed by atoms with Gasteiger partial charge in [-0.25, -0.2) is 0 Å². The molecule has 7 heteroatoms. The highest BCUT2D eigenvalue weighted by molar-refractivity contribution is 5.69. The van der Waals surface area contributed by atoms with Crippen molar-refractivity contribution in [2.45, 2.75) is 147 Å². The fourth-order valence-corrected chi connectivity index (χ4v) is 7.39. The van der Waals surface area contributed by atoms with Gasteiger partial charge < -0.3 is 28.8 Å². The predicted octanol–water partition coefficient (Wildman–Crippen LogP) is 7.26. The maximum absolute atomic E-state index is 11.4. The van der Waals surface area contributed by atoms with Crippen LogP contribution in [0.25, 0.3) is 0 Å². The van der Waals surface area contributed by atoms with E-state index in [0.29, 0.717) is 18.8 Å². The first-order valence-corrected chi connectivity index (χ1v) is 17.2. The molecule has 9 atom stereocenters. The summed E-state index contributed by atoms with van der Waals surface area (Å²) in [5, 5.41) is 11.2. The van der Waals surface area contributed by atoms with Gasteiger partial charge in [-0.2, -0.15) is 0 Å². The van der Waals surface area contributed by atoms with Crippen molar-refractivity contribution in [3.63, 3.8) is 0 Å². The number of aliphatic hydroxyl groups excluding tert-OH is 1. The zero-order chi connectivity index (χ0) is 29.6. The Bertz CT molecular complexity index is 816. The van der Waals surface area contributed by atoms with Gasteiger partial charge in [0.2, 0.25) is 0 Å². The molecule has 4 aliphatic rings. The highest BCUT2D eigenvalue weighted by atomic mass is 16.7. The van der Waals surface area contributed by atoms with Crippen LogP contribution in [0.15, 0.2) is 24.3 Å². The lowest BCUT2D eigenvalue weighted by Gasteiger charge is -2.31. The van der Waals surface area contributed by atoms with E-state index in [1.54, 1.807) is 0 Å². The molecule has 7 nitrogen and oxygen atoms in total. The molecule has 42 heavy (non-hydrogen) atoms. The van der Waals surface area contributed by atoms with E-state index in [0.717, 1.165) is 76.9 Å². The molecule has 2 aliphatic heterocycles. The summed E-state index contributed by atoms with van der Waals surface area (Å²) in [6.45, 7) is 3.81. The van der Waals surface area contributed by atoms with Crippen LogP contribution >= 0.6 is 0 Å². The molecule has 0 spiro atoms. The molecule has 240 valence electrons. The minimum Gasteiger partial charge on any atom is -0.469 e. The summed E-state index contributed by atoms with van der Waals surface area (Å²) >= 11 is 0. The van der Waals surface area contributed by atoms with Crippen molar-refractivity contribution in [2.75, 3.05) is 20.3 Å². The molecule has 1 N–H and O–H groups in total. The quantitative estimate of drug-likeness (QED) is 0.115. The van der Waals surface area contributed by atoms with Gasteiger partial charge in [-0.3, -0.25) is 4.79 Å². The number of rotatable bonds is 16. The zero-order valence-electron chi connectivity index (χ0n) is 26.3. The number of carbonyl (C=O) groups excluding carboxylic acids is 1. The number of aliphatic hydroxyl groups is 1. The van der Waals surface area contributed by atoms with Crippen LogP contribution in [0.1, 0.15) is 116 Å². The van der Waals surface area contributed by atoms with E-state index in [1.807, 2.05) is 0 Å². The molecule has 2 saturated heterocycles. The fraction of sp³-hybridized carbons (Fsp3) is 0.857. The van der Waals surface area contributed by atoms with Crippen LogP contribution in [-0.4, -0.2) is 62.3 Å². The Morgan fingerprint density at radius 3 is 2.48 bits per heavy atom. The third-order valence-corrected chi connectivity index (χ3v) is 9.89. The van der Waals surface area contributed by atoms with E-state index in [2.05, 4.69) is 31.2 Å². The van der Waals surface area contributed by atoms with Crippen LogP contribution in [0.2, 0.25) is 0 Å². The van der Waals surface area contributed by atoms with E-state index >= 15 is 0 Å². The maximum Gasteiger partial charge on any atom is 0.305 e. The standard InChI is InChI=1S/C35H58O7/c1-3-4-13-26-18-19-27(24-26)31(41-34-16-9-11-22-39-34)21-20-29-28(14-7-5-6-8-15-33(37)38-2)30(36)25-32(29)42-35-17-10-12-23-40-35/h5,7,20-21,26-32,34-36H,3-4,6,8-19,22-25H2,1-2H3/t26?,27?,28-,29-,30+,31-,32-,34?,35?/m1/s1. The van der Waals surface area contributed by atoms with Gasteiger partial charge in [0.15, 0.2) is 12.6 Å². The van der Waals surface area contributed by atoms with Gasteiger partial charge in [0.1, 0.15) is 0 Å². The van der Waals surface area contributed by atoms with Crippen molar-refractivity contribution in [3.05, 3.63) is 24.3 Å². The molecule has 2 aliphatic carbocycles. The lowest BCUT2D eigenvalue weighted by Crippen LogP contribution is -2.32. The molecule has 0 aromatic carbocycles. The Labute approximate surface area is 254 Å². The number of methoxy groups -OCH3 is 1. The summed E-state index contributed by atoms with van der Waals surface area (Å²) in [5.74, 6) is 1.29. The zero-order valence-corrected chi connectivity index (χ0v) is 26.3. The van der Waals surface area contributed by atoms with Crippen molar-refractivity contribution in [2.24, 2.45) is 23.7 Å². The van der Waals surface area contributed by atoms with Gasteiger partial charge in [-0.1, -0.05) is 56.9 Å². The summed E-state index contributed by atoms with van der Waals surface area (Å²) in [6, 6.07) is 0. The summed E-state index contributed by atoms with van der Waals surface area (Å²) in [7, 11) is 1.43. The summed E-state index contributed by atoms with van der Waals surface area (Å²) in [5.41, 5.74) is 0. The number of esters is 1. The van der Waals surface area contributed by atoms with Crippen molar-refractivity contribution in [1.29, 1.82) is 0 Å². The number of carbonyl (C=O) groups is 1. The predicted molar refractivity (Wildman–Crippen MR) is 164 cm³/mol. The van der Waals surface area contributed by atoms with Crippen molar-refractivity contribution >= 4 is 5.97 Å². The van der Waals surface area contributed by atoms with Gasteiger partial charge in [0.05, 0.1) is 25.4 Å². The molecule has 4 unspecified atom stereocenters. The van der Waals surface area contributed by atoms with Gasteiger partial charge in [0.25, 0.3) is 0 Å². The molecule has 0 aromatic rings. The van der Waals surface area contributed by atoms with Crippen molar-refractivity contribution in [3.8, 4) is 0 Å². The first-order valence-electron chi connectivity index (χ1n) is 17.2. The molecule has 0 amide bonds. The normalized spacial score (nSPS) is 34.8. The van der Waals surface area contributed by atoms with E-state index < -0.39 is 6.10 Å². The number of hydrogen-bond acceptors (Lipinski definition) is 7. The highest BCUT2D eigenvalue weighted by Gasteiger charge is 2.43. The smallest absolute Gasteiger partial charge is 0.305 e. The molecule has 4 fully saturated rings. The molecule has 0 radical (unpaired) electrons. The van der Waals surface area contributed by atoms with Gasteiger partial charge in [-0.05, 0) is 88.4 Å². The number of ether oxygens (including phenoxy) is 5. The average molecular weight is 591 g/mol. The Hall–Kier alpha value is -1.25. The van der Waals surface area contributed by atoms with Crippen LogP contribution < -0.4 is 0 Å². The first-order chi connectivity index (χ1) is 20.6. The van der Waals surface area contributed by atoms with Crippen molar-refractivity contribution < 1.29 is 33.6 Å². The lowest BCUT2D eigenvalue weighted by molar-refractivity contribution is -0.193. The Balaban J connectivity index is 1.45. The third-order valence-electron chi connectivity index (χ3n) is 9.89. The number of allylic oxidation sites excluding steroid dienone is 2. The first kappa shape index (κ1) is 33.6. The van der Waals surface area contributed by atoms with E-state index in [-0.39, 0.29) is 42.6 Å². The lowest BCUT2D eigenvalue weighted by atomic mass is 9.88. The van der Waals surface area contributed by atoms with Crippen molar-refractivity contribution in [1.82, 2.24) is 0 Å². The average Bonchev–Trinajstić information content (AvgIpc) is 3.60. The van der Waals surface area contributed by atoms with E-state index in [9.17, 15) is 9.90 Å². The molecule has 2 heterocycles. The van der Waals surface area contributed by atoms with E-state index in [1.165, 1.54) is 45.6 Å². The second-order valence-corrected chi connectivity index (χ2v) is 13.1. The van der Waals surface area contributed by atoms with E-state index in [4.69, 9.17) is 23.7 Å². The topological polar surface area (TPSA) is 83.5 Å². The van der Waals surface area contributed by atoms with Crippen LogP contribution in [0.3, 0.4) is 0 Å². The number of hydrogen-bond donors (Lipinski definition) is 1. The third kappa shape index (κ3) is 10.7. The Morgan fingerprint density at radius 2 is 1.76 bits per heavy atom. The van der Waals surface area contributed by atoms with Crippen LogP contribution in [0.4, 0.5) is 0 Å². The highest BCUT2D eigenvalue weighted by Crippen LogP contribution is 2.42. The summed E-state index contributed by atoms with van der Waals surface area (Å²) in [6.07, 6.45) is 25.5. The molecular weight excluding hydrogens is 532 g/mol. The van der Waals surface area contributed by atoms with Gasteiger partial charge >= 0.3 is 5.97 Å². The van der Waals surface area contributed by atoms with Crippen LogP contribution in [0.5, 0.6) is 0 Å². The minimum atomic E-state index is -0.432. The van der Waals surface area contributed by atoms with Gasteiger partial charge in [-0.15, -0.1) is 0 Å². The van der Waals surface area contributed by atoms with Crippen LogP contribution in [-0.2, 0) is 28.5 Å². The second kappa shape index (κ2) is 18.5.